The Balaban J connectivity index is 2.09. The number of hydrogen-bond donors (Lipinski definition) is 1. The molecule has 2 aromatic heterocycles. The third-order valence-corrected chi connectivity index (χ3v) is 6.91. The van der Waals surface area contributed by atoms with E-state index >= 15 is 0 Å². The summed E-state index contributed by atoms with van der Waals surface area (Å²) in [5.74, 6) is 2.77. The summed E-state index contributed by atoms with van der Waals surface area (Å²) in [6.45, 7) is 2.09. The fourth-order valence-corrected chi connectivity index (χ4v) is 5.07. The molecule has 0 unspecified atom stereocenters. The molecule has 0 saturated heterocycles. The predicted octanol–water partition coefficient (Wildman–Crippen LogP) is 4.50. The molecule has 20 heavy (non-hydrogen) atoms. The predicted molar refractivity (Wildman–Crippen MR) is 91.6 cm³/mol. The largest absolute Gasteiger partial charge is 0.327 e. The van der Waals surface area contributed by atoms with E-state index < -0.39 is 0 Å². The molecule has 0 bridgehead atoms. The number of rotatable bonds is 3. The summed E-state index contributed by atoms with van der Waals surface area (Å²) in [6.07, 6.45) is 5.83. The lowest BCUT2D eigenvalue weighted by Crippen LogP contribution is -2.13. The van der Waals surface area contributed by atoms with Crippen molar-refractivity contribution in [2.24, 2.45) is 4.99 Å². The van der Waals surface area contributed by atoms with Crippen molar-refractivity contribution >= 4 is 63.7 Å². The van der Waals surface area contributed by atoms with Crippen LogP contribution in [0.3, 0.4) is 0 Å². The van der Waals surface area contributed by atoms with Crippen molar-refractivity contribution in [2.75, 3.05) is 17.8 Å². The Morgan fingerprint density at radius 1 is 1.10 bits per heavy atom. The molecule has 0 fully saturated rings. The molecule has 0 saturated carbocycles. The Kier molecular flexibility index (Phi) is 4.34. The maximum absolute atomic E-state index is 4.67. The number of anilines is 1. The lowest BCUT2D eigenvalue weighted by Gasteiger charge is -2.10. The number of fused-ring (bicyclic) bond motifs is 2. The Morgan fingerprint density at radius 2 is 1.80 bits per heavy atom. The molecular weight excluding hydrogens is 328 g/mol. The molecule has 1 aliphatic rings. The van der Waals surface area contributed by atoms with E-state index in [1.165, 1.54) is 9.75 Å². The number of nitrogens with one attached hydrogen (secondary N) is 1. The Morgan fingerprint density at radius 3 is 2.50 bits per heavy atom. The van der Waals surface area contributed by atoms with Crippen molar-refractivity contribution in [3.63, 3.8) is 0 Å². The molecule has 8 heteroatoms. The molecule has 3 rings (SSSR count). The third-order valence-electron chi connectivity index (χ3n) is 2.84. The standard InChI is InChI=1S/C12H14N4S4/c1-4-8-13-9-6(19-11(15-9)17-2)5-7-10(14-8)16-12(18-3)20-7/h4-5H2,1-3H3,(H,13,14). The van der Waals surface area contributed by atoms with E-state index in [0.717, 1.165) is 39.0 Å². The summed E-state index contributed by atoms with van der Waals surface area (Å²) in [7, 11) is 0. The summed E-state index contributed by atoms with van der Waals surface area (Å²) < 4.78 is 2.17. The molecule has 1 aliphatic heterocycles. The van der Waals surface area contributed by atoms with E-state index in [1.807, 2.05) is 0 Å². The van der Waals surface area contributed by atoms with Gasteiger partial charge >= 0.3 is 0 Å². The molecule has 0 spiro atoms. The Labute approximate surface area is 134 Å². The smallest absolute Gasteiger partial charge is 0.169 e. The highest BCUT2D eigenvalue weighted by atomic mass is 32.2. The molecule has 2 aromatic rings. The van der Waals surface area contributed by atoms with Gasteiger partial charge in [-0.05, 0) is 12.5 Å². The van der Waals surface area contributed by atoms with Gasteiger partial charge in [0.05, 0.1) is 9.75 Å². The topological polar surface area (TPSA) is 50.2 Å². The summed E-state index contributed by atoms with van der Waals surface area (Å²) in [4.78, 5) is 16.4. The lowest BCUT2D eigenvalue weighted by atomic mass is 10.2. The SMILES string of the molecule is CC/C1=N/c2nc(SC)sc2Cc2sc(SC)nc2N1. The third kappa shape index (κ3) is 2.74. The van der Waals surface area contributed by atoms with Crippen LogP contribution in [0.4, 0.5) is 11.6 Å². The molecule has 0 aliphatic carbocycles. The van der Waals surface area contributed by atoms with Gasteiger partial charge < -0.3 is 5.32 Å². The van der Waals surface area contributed by atoms with Gasteiger partial charge in [-0.25, -0.2) is 15.0 Å². The summed E-state index contributed by atoms with van der Waals surface area (Å²) >= 11 is 6.86. The minimum atomic E-state index is 0.844. The number of hydrogen-bond acceptors (Lipinski definition) is 8. The van der Waals surface area contributed by atoms with Crippen molar-refractivity contribution in [1.82, 2.24) is 9.97 Å². The van der Waals surface area contributed by atoms with Gasteiger partial charge in [0, 0.05) is 12.8 Å². The van der Waals surface area contributed by atoms with Crippen LogP contribution >= 0.6 is 46.2 Å². The molecule has 1 N–H and O–H groups in total. The minimum absolute atomic E-state index is 0.844. The first kappa shape index (κ1) is 14.4. The van der Waals surface area contributed by atoms with Gasteiger partial charge in [-0.2, -0.15) is 0 Å². The zero-order chi connectivity index (χ0) is 14.1. The maximum Gasteiger partial charge on any atom is 0.169 e. The molecule has 0 aromatic carbocycles. The Bertz CT molecular complexity index is 658. The van der Waals surface area contributed by atoms with E-state index in [1.54, 1.807) is 46.2 Å². The first-order valence-electron chi connectivity index (χ1n) is 6.15. The van der Waals surface area contributed by atoms with Crippen LogP contribution in [-0.4, -0.2) is 28.3 Å². The first-order chi connectivity index (χ1) is 9.73. The van der Waals surface area contributed by atoms with Gasteiger partial charge in [0.15, 0.2) is 14.5 Å². The zero-order valence-corrected chi connectivity index (χ0v) is 14.7. The summed E-state index contributed by atoms with van der Waals surface area (Å²) in [5, 5.41) is 3.37. The molecule has 0 amide bonds. The monoisotopic (exact) mass is 342 g/mol. The minimum Gasteiger partial charge on any atom is -0.327 e. The van der Waals surface area contributed by atoms with Gasteiger partial charge in [0.2, 0.25) is 0 Å². The quantitative estimate of drug-likeness (QED) is 0.832. The van der Waals surface area contributed by atoms with Crippen molar-refractivity contribution < 1.29 is 0 Å². The van der Waals surface area contributed by atoms with E-state index in [0.29, 0.717) is 0 Å². The number of aromatic nitrogens is 2. The number of thiazole rings is 2. The van der Waals surface area contributed by atoms with Crippen molar-refractivity contribution in [2.45, 2.75) is 28.4 Å². The molecule has 106 valence electrons. The van der Waals surface area contributed by atoms with Gasteiger partial charge in [-0.1, -0.05) is 30.4 Å². The summed E-state index contributed by atoms with van der Waals surface area (Å²) in [6, 6.07) is 0. The average Bonchev–Trinajstić information content (AvgIpc) is 3.01. The van der Waals surface area contributed by atoms with Gasteiger partial charge in [-0.3, -0.25) is 0 Å². The van der Waals surface area contributed by atoms with Crippen LogP contribution < -0.4 is 5.32 Å². The second-order valence-corrected chi connectivity index (χ2v) is 8.37. The highest BCUT2D eigenvalue weighted by molar-refractivity contribution is 8.00. The fraction of sp³-hybridized carbons (Fsp3) is 0.417. The van der Waals surface area contributed by atoms with Crippen LogP contribution in [-0.2, 0) is 6.42 Å². The zero-order valence-electron chi connectivity index (χ0n) is 11.4. The van der Waals surface area contributed by atoms with Crippen molar-refractivity contribution in [3.8, 4) is 0 Å². The van der Waals surface area contributed by atoms with E-state index in [4.69, 9.17) is 0 Å². The second kappa shape index (κ2) is 6.05. The fourth-order valence-electron chi connectivity index (χ4n) is 1.85. The molecular formula is C12H14N4S4. The van der Waals surface area contributed by atoms with Gasteiger partial charge in [-0.15, -0.1) is 22.7 Å². The van der Waals surface area contributed by atoms with Crippen LogP contribution in [0.15, 0.2) is 13.7 Å². The highest BCUT2D eigenvalue weighted by Gasteiger charge is 2.20. The van der Waals surface area contributed by atoms with E-state index in [-0.39, 0.29) is 0 Å². The molecule has 4 nitrogen and oxygen atoms in total. The maximum atomic E-state index is 4.67. The van der Waals surface area contributed by atoms with Gasteiger partial charge in [0.1, 0.15) is 11.7 Å². The number of aliphatic imine (C=N–C) groups is 1. The second-order valence-electron chi connectivity index (χ2n) is 4.10. The van der Waals surface area contributed by atoms with Crippen molar-refractivity contribution in [1.29, 1.82) is 0 Å². The number of nitrogens with zero attached hydrogens (tertiary/aromatic N) is 3. The average molecular weight is 343 g/mol. The Hall–Kier alpha value is -0.570. The molecule has 0 radical (unpaired) electrons. The number of thioether (sulfide) groups is 2. The highest BCUT2D eigenvalue weighted by Crippen LogP contribution is 2.38. The lowest BCUT2D eigenvalue weighted by molar-refractivity contribution is 1.13. The van der Waals surface area contributed by atoms with Crippen LogP contribution in [0.1, 0.15) is 23.1 Å². The normalized spacial score (nSPS) is 16.4. The van der Waals surface area contributed by atoms with Crippen molar-refractivity contribution in [3.05, 3.63) is 9.75 Å². The number of amidine groups is 1. The van der Waals surface area contributed by atoms with E-state index in [9.17, 15) is 0 Å². The summed E-state index contributed by atoms with van der Waals surface area (Å²) in [5.41, 5.74) is 0. The first-order valence-corrected chi connectivity index (χ1v) is 10.2. The van der Waals surface area contributed by atoms with Gasteiger partial charge in [0.25, 0.3) is 0 Å². The van der Waals surface area contributed by atoms with E-state index in [2.05, 4.69) is 39.7 Å². The van der Waals surface area contributed by atoms with Crippen LogP contribution in [0.25, 0.3) is 0 Å². The van der Waals surface area contributed by atoms with Crippen LogP contribution in [0.2, 0.25) is 0 Å². The van der Waals surface area contributed by atoms with Crippen LogP contribution in [0, 0.1) is 0 Å². The van der Waals surface area contributed by atoms with Crippen LogP contribution in [0.5, 0.6) is 0 Å². The molecule has 0 atom stereocenters. The molecule has 3 heterocycles.